The molecule has 7 heteroatoms. The van der Waals surface area contributed by atoms with Crippen LogP contribution in [0.3, 0.4) is 0 Å². The number of hydrogen-bond donors (Lipinski definition) is 3. The molecule has 1 rings (SSSR count). The molecule has 114 valence electrons. The second-order valence-corrected chi connectivity index (χ2v) is 3.92. The molecule has 0 radical (unpaired) electrons. The van der Waals surface area contributed by atoms with E-state index in [1.807, 2.05) is 5.32 Å². The van der Waals surface area contributed by atoms with Crippen LogP contribution in [-0.2, 0) is 20.9 Å². The van der Waals surface area contributed by atoms with Crippen LogP contribution in [0.15, 0.2) is 24.3 Å². The second-order valence-electron chi connectivity index (χ2n) is 3.92. The van der Waals surface area contributed by atoms with Gasteiger partial charge in [-0.2, -0.15) is 0 Å². The third kappa shape index (κ3) is 6.03. The van der Waals surface area contributed by atoms with E-state index in [1.165, 1.54) is 18.2 Å². The highest BCUT2D eigenvalue weighted by Gasteiger charge is 2.16. The number of benzene rings is 1. The van der Waals surface area contributed by atoms with Crippen molar-refractivity contribution in [3.63, 3.8) is 0 Å². The minimum atomic E-state index is -3.53. The van der Waals surface area contributed by atoms with E-state index in [0.717, 1.165) is 13.0 Å². The zero-order valence-corrected chi connectivity index (χ0v) is 11.0. The molecule has 2 amide bonds. The van der Waals surface area contributed by atoms with E-state index in [9.17, 15) is 18.8 Å². The number of aliphatic carboxylic acids is 1. The van der Waals surface area contributed by atoms with Crippen LogP contribution >= 0.6 is 0 Å². The molecule has 1 aromatic carbocycles. The number of halogens is 1. The Bertz CT molecular complexity index is 716. The highest BCUT2D eigenvalue weighted by atomic mass is 19.1. The van der Waals surface area contributed by atoms with Crippen LogP contribution < -0.4 is 10.6 Å². The number of amides is 2. The van der Waals surface area contributed by atoms with Gasteiger partial charge in [0.15, 0.2) is 0 Å². The first-order chi connectivity index (χ1) is 11.8. The lowest BCUT2D eigenvalue weighted by Gasteiger charge is -2.14. The Morgan fingerprint density at radius 2 is 2.00 bits per heavy atom. The van der Waals surface area contributed by atoms with Crippen LogP contribution in [0.4, 0.5) is 4.39 Å². The third-order valence-electron chi connectivity index (χ3n) is 2.30. The molecule has 0 fully saturated rings. The minimum Gasteiger partial charge on any atom is -0.481 e. The van der Waals surface area contributed by atoms with Crippen molar-refractivity contribution in [2.75, 3.05) is 0 Å². The maximum absolute atomic E-state index is 13.6. The summed E-state index contributed by atoms with van der Waals surface area (Å²) in [6.45, 7) is -0.376. The molecule has 0 heterocycles. The number of nitrogens with one attached hydrogen (secondary N) is 2. The molecule has 2 atom stereocenters. The fraction of sp³-hybridized carbons (Fsp3) is 0.357. The van der Waals surface area contributed by atoms with E-state index in [2.05, 4.69) is 5.32 Å². The van der Waals surface area contributed by atoms with Crippen molar-refractivity contribution in [3.05, 3.63) is 35.6 Å². The van der Waals surface area contributed by atoms with Crippen LogP contribution in [0.25, 0.3) is 0 Å². The topological polar surface area (TPSA) is 95.5 Å². The quantitative estimate of drug-likeness (QED) is 0.694. The molecular weight excluding hydrogens is 279 g/mol. The van der Waals surface area contributed by atoms with Crippen LogP contribution in [-0.4, -0.2) is 28.9 Å². The first-order valence-corrected chi connectivity index (χ1v) is 5.83. The van der Waals surface area contributed by atoms with Crippen molar-refractivity contribution in [1.82, 2.24) is 10.6 Å². The summed E-state index contributed by atoms with van der Waals surface area (Å²) in [5.41, 5.74) is -0.128. The molecular formula is C14H17FN2O4. The molecule has 3 N–H and O–H groups in total. The van der Waals surface area contributed by atoms with Gasteiger partial charge in [0.2, 0.25) is 11.8 Å². The molecule has 0 saturated carbocycles. The van der Waals surface area contributed by atoms with Crippen molar-refractivity contribution in [2.45, 2.75) is 32.2 Å². The summed E-state index contributed by atoms with van der Waals surface area (Å²) in [4.78, 5) is 34.6. The standard InChI is InChI=1S/C14H17FN2O4/c1-9(17-12(18)6-7-13(19)20)14(21)16-8-10-4-2-3-5-11(10)15/h2-5,9H,6-8H2,1H3,(H,16,21)(H,17,18)(H,19,20)/t9-/m1/s1/i6D2,7D2,8D/t8-,9+/m0. The van der Waals surface area contributed by atoms with Gasteiger partial charge in [-0.15, -0.1) is 0 Å². The van der Waals surface area contributed by atoms with Crippen LogP contribution in [0.5, 0.6) is 0 Å². The highest BCUT2D eigenvalue weighted by molar-refractivity contribution is 5.88. The normalized spacial score (nSPS) is 17.9. The Labute approximate surface area is 128 Å². The van der Waals surface area contributed by atoms with E-state index in [1.54, 1.807) is 0 Å². The zero-order valence-electron chi connectivity index (χ0n) is 16.0. The summed E-state index contributed by atoms with van der Waals surface area (Å²) >= 11 is 0. The number of hydrogen-bond acceptors (Lipinski definition) is 3. The van der Waals surface area contributed by atoms with Gasteiger partial charge < -0.3 is 15.7 Å². The van der Waals surface area contributed by atoms with Crippen LogP contribution in [0.2, 0.25) is 0 Å². The molecule has 0 aromatic heterocycles. The van der Waals surface area contributed by atoms with Crippen LogP contribution in [0, 0.1) is 5.82 Å². The third-order valence-corrected chi connectivity index (χ3v) is 2.30. The van der Waals surface area contributed by atoms with Gasteiger partial charge in [0, 0.05) is 23.9 Å². The van der Waals surface area contributed by atoms with Gasteiger partial charge in [0.05, 0.1) is 7.74 Å². The molecule has 0 unspecified atom stereocenters. The maximum atomic E-state index is 13.6. The lowest BCUT2D eigenvalue weighted by Crippen LogP contribution is -2.44. The van der Waals surface area contributed by atoms with Gasteiger partial charge >= 0.3 is 5.97 Å². The number of carboxylic acid groups (broad SMARTS) is 1. The fourth-order valence-corrected chi connectivity index (χ4v) is 1.27. The van der Waals surface area contributed by atoms with E-state index in [0.29, 0.717) is 0 Å². The average Bonchev–Trinajstić information content (AvgIpc) is 2.54. The summed E-state index contributed by atoms with van der Waals surface area (Å²) in [6, 6.07) is 3.80. The summed E-state index contributed by atoms with van der Waals surface area (Å²) < 4.78 is 50.4. The number of carbonyl (C=O) groups excluding carboxylic acids is 2. The largest absolute Gasteiger partial charge is 0.481 e. The van der Waals surface area contributed by atoms with E-state index >= 15 is 0 Å². The van der Waals surface area contributed by atoms with E-state index < -0.39 is 48.9 Å². The second kappa shape index (κ2) is 7.98. The van der Waals surface area contributed by atoms with Gasteiger partial charge in [-0.1, -0.05) is 18.2 Å². The first-order valence-electron chi connectivity index (χ1n) is 8.41. The summed E-state index contributed by atoms with van der Waals surface area (Å²) in [5.74, 6) is -5.52. The Balaban J connectivity index is 2.79. The molecule has 6 nitrogen and oxygen atoms in total. The maximum Gasteiger partial charge on any atom is 0.303 e. The van der Waals surface area contributed by atoms with Gasteiger partial charge in [-0.25, -0.2) is 4.39 Å². The Hall–Kier alpha value is -2.44. The van der Waals surface area contributed by atoms with Gasteiger partial charge in [0.1, 0.15) is 11.9 Å². The van der Waals surface area contributed by atoms with Gasteiger partial charge in [-0.05, 0) is 13.0 Å². The Kier molecular flexibility index (Phi) is 3.92. The lowest BCUT2D eigenvalue weighted by molar-refractivity contribution is -0.139. The van der Waals surface area contributed by atoms with Crippen molar-refractivity contribution in [3.8, 4) is 0 Å². The van der Waals surface area contributed by atoms with Crippen LogP contribution in [0.1, 0.15) is 32.1 Å². The van der Waals surface area contributed by atoms with Crippen molar-refractivity contribution in [2.24, 2.45) is 0 Å². The molecule has 0 aliphatic rings. The zero-order chi connectivity index (χ0) is 20.3. The molecule has 0 bridgehead atoms. The van der Waals surface area contributed by atoms with Crippen molar-refractivity contribution >= 4 is 17.8 Å². The fourth-order valence-electron chi connectivity index (χ4n) is 1.27. The summed E-state index contributed by atoms with van der Waals surface area (Å²) in [7, 11) is 0. The van der Waals surface area contributed by atoms with Crippen molar-refractivity contribution in [1.29, 1.82) is 0 Å². The molecule has 21 heavy (non-hydrogen) atoms. The SMILES string of the molecule is [2H][C@H](NC(=O)[C@@H](C)NC(=O)C([2H])([2H])C([2H])([2H])C(=O)O)c1ccccc1F. The van der Waals surface area contributed by atoms with Gasteiger partial charge in [0.25, 0.3) is 0 Å². The smallest absolute Gasteiger partial charge is 0.303 e. The van der Waals surface area contributed by atoms with Crippen molar-refractivity contribution < 1.29 is 30.7 Å². The summed E-state index contributed by atoms with van der Waals surface area (Å²) in [6.07, 6.45) is -6.99. The highest BCUT2D eigenvalue weighted by Crippen LogP contribution is 2.05. The number of rotatable bonds is 7. The Morgan fingerprint density at radius 1 is 1.33 bits per heavy atom. The minimum absolute atomic E-state index is 0.128. The number of carboxylic acids is 1. The first kappa shape index (κ1) is 10.3. The Morgan fingerprint density at radius 3 is 2.62 bits per heavy atom. The number of carbonyl (C=O) groups is 3. The molecule has 0 aliphatic carbocycles. The predicted octanol–water partition coefficient (Wildman–Crippen LogP) is 0.811. The average molecular weight is 301 g/mol. The summed E-state index contributed by atoms with van der Waals surface area (Å²) in [5, 5.41) is 12.6. The van der Waals surface area contributed by atoms with Gasteiger partial charge in [-0.3, -0.25) is 14.4 Å². The monoisotopic (exact) mass is 301 g/mol. The van der Waals surface area contributed by atoms with E-state index in [4.69, 9.17) is 12.0 Å². The van der Waals surface area contributed by atoms with E-state index in [-0.39, 0.29) is 5.56 Å². The molecule has 0 aliphatic heterocycles. The molecule has 1 aromatic rings. The predicted molar refractivity (Wildman–Crippen MR) is 72.7 cm³/mol. The molecule has 0 spiro atoms. The molecule has 0 saturated heterocycles. The lowest BCUT2D eigenvalue weighted by atomic mass is 10.2.